The SMILES string of the molecule is CC1(c2nnc(C3CCCNC3)o2)CCC1. The minimum absolute atomic E-state index is 0.174. The number of nitrogens with zero attached hydrogens (tertiary/aromatic N) is 2. The molecule has 1 saturated heterocycles. The number of piperidine rings is 1. The summed E-state index contributed by atoms with van der Waals surface area (Å²) in [7, 11) is 0. The van der Waals surface area contributed by atoms with Crippen molar-refractivity contribution < 1.29 is 4.42 Å². The Hall–Kier alpha value is -0.900. The Morgan fingerprint density at radius 2 is 2.19 bits per heavy atom. The van der Waals surface area contributed by atoms with Gasteiger partial charge in [-0.2, -0.15) is 0 Å². The van der Waals surface area contributed by atoms with Crippen molar-refractivity contribution in [3.63, 3.8) is 0 Å². The molecule has 3 rings (SSSR count). The Kier molecular flexibility index (Phi) is 2.46. The predicted octanol–water partition coefficient (Wildman–Crippen LogP) is 1.98. The molecule has 0 radical (unpaired) electrons. The first-order chi connectivity index (χ1) is 7.78. The Morgan fingerprint density at radius 1 is 1.31 bits per heavy atom. The number of hydrogen-bond donors (Lipinski definition) is 1. The second-order valence-electron chi connectivity index (χ2n) is 5.40. The fourth-order valence-corrected chi connectivity index (χ4v) is 2.63. The van der Waals surface area contributed by atoms with Crippen LogP contribution in [0.3, 0.4) is 0 Å². The molecule has 0 aromatic carbocycles. The van der Waals surface area contributed by atoms with E-state index in [1.165, 1.54) is 32.1 Å². The summed E-state index contributed by atoms with van der Waals surface area (Å²) < 4.78 is 5.87. The van der Waals surface area contributed by atoms with Crippen molar-refractivity contribution in [1.29, 1.82) is 0 Å². The lowest BCUT2D eigenvalue weighted by Crippen LogP contribution is -2.30. The fourth-order valence-electron chi connectivity index (χ4n) is 2.63. The summed E-state index contributed by atoms with van der Waals surface area (Å²) in [4.78, 5) is 0. The maximum Gasteiger partial charge on any atom is 0.222 e. The lowest BCUT2D eigenvalue weighted by atomic mass is 9.70. The van der Waals surface area contributed by atoms with E-state index in [-0.39, 0.29) is 5.41 Å². The molecule has 4 heteroatoms. The standard InChI is InChI=1S/C12H19N3O/c1-12(5-3-6-12)11-15-14-10(16-11)9-4-2-7-13-8-9/h9,13H,2-8H2,1H3. The normalized spacial score (nSPS) is 28.7. The minimum Gasteiger partial charge on any atom is -0.424 e. The van der Waals surface area contributed by atoms with Gasteiger partial charge in [0.1, 0.15) is 0 Å². The van der Waals surface area contributed by atoms with E-state index >= 15 is 0 Å². The molecular weight excluding hydrogens is 202 g/mol. The highest BCUT2D eigenvalue weighted by Crippen LogP contribution is 2.42. The molecule has 88 valence electrons. The first-order valence-electron chi connectivity index (χ1n) is 6.32. The average Bonchev–Trinajstić information content (AvgIpc) is 2.77. The molecule has 2 heterocycles. The molecule has 0 spiro atoms. The van der Waals surface area contributed by atoms with Crippen molar-refractivity contribution in [3.8, 4) is 0 Å². The molecule has 2 aliphatic rings. The quantitative estimate of drug-likeness (QED) is 0.829. The van der Waals surface area contributed by atoms with Crippen molar-refractivity contribution in [2.24, 2.45) is 0 Å². The molecule has 1 unspecified atom stereocenters. The molecule has 0 amide bonds. The smallest absolute Gasteiger partial charge is 0.222 e. The van der Waals surface area contributed by atoms with Gasteiger partial charge in [0.25, 0.3) is 0 Å². The zero-order valence-electron chi connectivity index (χ0n) is 9.83. The molecule has 0 bridgehead atoms. The molecule has 2 fully saturated rings. The molecular formula is C12H19N3O. The minimum atomic E-state index is 0.174. The zero-order valence-corrected chi connectivity index (χ0v) is 9.83. The average molecular weight is 221 g/mol. The van der Waals surface area contributed by atoms with Gasteiger partial charge in [0.2, 0.25) is 11.8 Å². The van der Waals surface area contributed by atoms with Gasteiger partial charge in [-0.05, 0) is 32.2 Å². The summed E-state index contributed by atoms with van der Waals surface area (Å²) in [5.41, 5.74) is 0.174. The molecule has 1 saturated carbocycles. The summed E-state index contributed by atoms with van der Waals surface area (Å²) >= 11 is 0. The van der Waals surface area contributed by atoms with Crippen LogP contribution in [0.1, 0.15) is 56.7 Å². The molecule has 1 aromatic heterocycles. The summed E-state index contributed by atoms with van der Waals surface area (Å²) in [6.45, 7) is 4.33. The molecule has 1 atom stereocenters. The topological polar surface area (TPSA) is 51.0 Å². The van der Waals surface area contributed by atoms with Crippen LogP contribution in [0.15, 0.2) is 4.42 Å². The van der Waals surface area contributed by atoms with Crippen LogP contribution < -0.4 is 5.32 Å². The Balaban J connectivity index is 1.76. The lowest BCUT2D eigenvalue weighted by molar-refractivity contribution is 0.206. The first kappa shape index (κ1) is 10.3. The van der Waals surface area contributed by atoms with Gasteiger partial charge in [-0.1, -0.05) is 13.3 Å². The third kappa shape index (κ3) is 1.65. The van der Waals surface area contributed by atoms with Crippen molar-refractivity contribution >= 4 is 0 Å². The van der Waals surface area contributed by atoms with Crippen LogP contribution in [0.2, 0.25) is 0 Å². The monoisotopic (exact) mass is 221 g/mol. The van der Waals surface area contributed by atoms with Crippen molar-refractivity contribution in [1.82, 2.24) is 15.5 Å². The van der Waals surface area contributed by atoms with E-state index in [0.29, 0.717) is 5.92 Å². The number of aromatic nitrogens is 2. The van der Waals surface area contributed by atoms with Gasteiger partial charge in [-0.25, -0.2) is 0 Å². The van der Waals surface area contributed by atoms with E-state index in [9.17, 15) is 0 Å². The predicted molar refractivity (Wildman–Crippen MR) is 60.3 cm³/mol. The van der Waals surface area contributed by atoms with Crippen LogP contribution in [-0.4, -0.2) is 23.3 Å². The highest BCUT2D eigenvalue weighted by atomic mass is 16.4. The Morgan fingerprint density at radius 3 is 2.81 bits per heavy atom. The number of nitrogens with one attached hydrogen (secondary N) is 1. The highest BCUT2D eigenvalue weighted by Gasteiger charge is 2.39. The van der Waals surface area contributed by atoms with E-state index in [0.717, 1.165) is 24.9 Å². The lowest BCUT2D eigenvalue weighted by Gasteiger charge is -2.34. The maximum atomic E-state index is 5.87. The summed E-state index contributed by atoms with van der Waals surface area (Å²) in [5, 5.41) is 11.9. The van der Waals surface area contributed by atoms with Crippen molar-refractivity contribution in [3.05, 3.63) is 11.8 Å². The molecule has 16 heavy (non-hydrogen) atoms. The van der Waals surface area contributed by atoms with Gasteiger partial charge in [-0.3, -0.25) is 0 Å². The van der Waals surface area contributed by atoms with Crippen LogP contribution in [0.5, 0.6) is 0 Å². The molecule has 1 aromatic rings. The van der Waals surface area contributed by atoms with Gasteiger partial charge in [0.05, 0.1) is 0 Å². The van der Waals surface area contributed by atoms with Crippen molar-refractivity contribution in [2.75, 3.05) is 13.1 Å². The maximum absolute atomic E-state index is 5.87. The molecule has 4 nitrogen and oxygen atoms in total. The van der Waals surface area contributed by atoms with Crippen LogP contribution in [0.25, 0.3) is 0 Å². The van der Waals surface area contributed by atoms with E-state index in [4.69, 9.17) is 4.42 Å². The molecule has 1 aliphatic heterocycles. The molecule has 1 aliphatic carbocycles. The van der Waals surface area contributed by atoms with Gasteiger partial charge in [0, 0.05) is 17.9 Å². The van der Waals surface area contributed by atoms with Crippen LogP contribution >= 0.6 is 0 Å². The van der Waals surface area contributed by atoms with Crippen molar-refractivity contribution in [2.45, 2.75) is 50.4 Å². The number of hydrogen-bond acceptors (Lipinski definition) is 4. The van der Waals surface area contributed by atoms with Crippen LogP contribution in [0, 0.1) is 0 Å². The third-order valence-corrected chi connectivity index (χ3v) is 4.06. The fraction of sp³-hybridized carbons (Fsp3) is 0.833. The number of rotatable bonds is 2. The van der Waals surface area contributed by atoms with E-state index in [1.807, 2.05) is 0 Å². The zero-order chi connectivity index (χ0) is 11.0. The second-order valence-corrected chi connectivity index (χ2v) is 5.40. The Labute approximate surface area is 95.8 Å². The van der Waals surface area contributed by atoms with E-state index in [2.05, 4.69) is 22.4 Å². The molecule has 1 N–H and O–H groups in total. The van der Waals surface area contributed by atoms with Gasteiger partial charge >= 0.3 is 0 Å². The second kappa shape index (κ2) is 3.84. The van der Waals surface area contributed by atoms with Gasteiger partial charge < -0.3 is 9.73 Å². The summed E-state index contributed by atoms with van der Waals surface area (Å²) in [6, 6.07) is 0. The van der Waals surface area contributed by atoms with E-state index in [1.54, 1.807) is 0 Å². The van der Waals surface area contributed by atoms with E-state index < -0.39 is 0 Å². The summed E-state index contributed by atoms with van der Waals surface area (Å²) in [5.74, 6) is 2.13. The van der Waals surface area contributed by atoms with Gasteiger partial charge in [-0.15, -0.1) is 10.2 Å². The third-order valence-electron chi connectivity index (χ3n) is 4.06. The van der Waals surface area contributed by atoms with Crippen LogP contribution in [-0.2, 0) is 5.41 Å². The Bertz CT molecular complexity index is 364. The largest absolute Gasteiger partial charge is 0.424 e. The van der Waals surface area contributed by atoms with Gasteiger partial charge in [0.15, 0.2) is 0 Å². The van der Waals surface area contributed by atoms with Crippen LogP contribution in [0.4, 0.5) is 0 Å². The highest BCUT2D eigenvalue weighted by molar-refractivity contribution is 5.08. The first-order valence-corrected chi connectivity index (χ1v) is 6.32. The summed E-state index contributed by atoms with van der Waals surface area (Å²) in [6.07, 6.45) is 6.05.